The summed E-state index contributed by atoms with van der Waals surface area (Å²) in [6, 6.07) is 2.09. The summed E-state index contributed by atoms with van der Waals surface area (Å²) in [5.74, 6) is 0.726. The highest BCUT2D eigenvalue weighted by atomic mass is 35.5. The predicted molar refractivity (Wildman–Crippen MR) is 71.4 cm³/mol. The number of hydrogen-bond donors (Lipinski definition) is 2. The Balaban J connectivity index is 0.00000256. The lowest BCUT2D eigenvalue weighted by Gasteiger charge is -2.12. The van der Waals surface area contributed by atoms with Gasteiger partial charge in [-0.1, -0.05) is 0 Å². The fraction of sp³-hybridized carbons (Fsp3) is 0.636. The first-order chi connectivity index (χ1) is 7.50. The topological polar surface area (TPSA) is 72.9 Å². The van der Waals surface area contributed by atoms with E-state index < -0.39 is 0 Å². The Hall–Kier alpha value is -1.07. The molecule has 0 aromatic carbocycles. The maximum Gasteiger partial charge on any atom is 0.225 e. The van der Waals surface area contributed by atoms with Gasteiger partial charge in [-0.15, -0.1) is 12.4 Å². The number of amides is 1. The second kappa shape index (κ2) is 7.29. The SMILES string of the molecule is CC(N)CCC(=O)Nc1ccnn1C(C)C.Cl. The van der Waals surface area contributed by atoms with E-state index in [1.807, 2.05) is 20.8 Å². The lowest BCUT2D eigenvalue weighted by molar-refractivity contribution is -0.116. The van der Waals surface area contributed by atoms with Crippen molar-refractivity contribution in [1.29, 1.82) is 0 Å². The molecule has 6 heteroatoms. The van der Waals surface area contributed by atoms with E-state index in [9.17, 15) is 4.79 Å². The first-order valence-corrected chi connectivity index (χ1v) is 5.59. The Kier molecular flexibility index (Phi) is 6.83. The summed E-state index contributed by atoms with van der Waals surface area (Å²) in [6.45, 7) is 5.93. The third-order valence-corrected chi connectivity index (χ3v) is 2.25. The number of rotatable bonds is 5. The molecule has 5 nitrogen and oxygen atoms in total. The van der Waals surface area contributed by atoms with Crippen LogP contribution >= 0.6 is 12.4 Å². The minimum absolute atomic E-state index is 0. The first kappa shape index (κ1) is 15.9. The molecule has 17 heavy (non-hydrogen) atoms. The number of aromatic nitrogens is 2. The van der Waals surface area contributed by atoms with Gasteiger partial charge in [0.2, 0.25) is 5.91 Å². The van der Waals surface area contributed by atoms with Gasteiger partial charge >= 0.3 is 0 Å². The highest BCUT2D eigenvalue weighted by molar-refractivity contribution is 5.89. The summed E-state index contributed by atoms with van der Waals surface area (Å²) in [5.41, 5.74) is 5.59. The summed E-state index contributed by atoms with van der Waals surface area (Å²) in [7, 11) is 0. The van der Waals surface area contributed by atoms with E-state index in [-0.39, 0.29) is 30.4 Å². The van der Waals surface area contributed by atoms with E-state index in [0.717, 1.165) is 5.82 Å². The van der Waals surface area contributed by atoms with Gasteiger partial charge in [-0.3, -0.25) is 4.79 Å². The smallest absolute Gasteiger partial charge is 0.225 e. The Bertz CT molecular complexity index is 349. The molecule has 1 aromatic heterocycles. The van der Waals surface area contributed by atoms with Crippen LogP contribution in [0.4, 0.5) is 5.82 Å². The molecule has 0 saturated carbocycles. The van der Waals surface area contributed by atoms with Crippen LogP contribution in [-0.4, -0.2) is 21.7 Å². The van der Waals surface area contributed by atoms with E-state index >= 15 is 0 Å². The molecule has 0 fully saturated rings. The highest BCUT2D eigenvalue weighted by Gasteiger charge is 2.09. The van der Waals surface area contributed by atoms with Gasteiger partial charge in [0.05, 0.1) is 6.20 Å². The van der Waals surface area contributed by atoms with Gasteiger partial charge in [0.25, 0.3) is 0 Å². The van der Waals surface area contributed by atoms with Gasteiger partial charge < -0.3 is 11.1 Å². The number of halogens is 1. The maximum absolute atomic E-state index is 11.6. The zero-order valence-corrected chi connectivity index (χ0v) is 11.3. The minimum Gasteiger partial charge on any atom is -0.328 e. The molecule has 3 N–H and O–H groups in total. The number of nitrogens with zero attached hydrogens (tertiary/aromatic N) is 2. The van der Waals surface area contributed by atoms with Gasteiger partial charge in [0.15, 0.2) is 0 Å². The van der Waals surface area contributed by atoms with Crippen LogP contribution in [0.25, 0.3) is 0 Å². The van der Waals surface area contributed by atoms with Crippen molar-refractivity contribution in [3.63, 3.8) is 0 Å². The molecule has 0 saturated heterocycles. The molecule has 1 unspecified atom stereocenters. The monoisotopic (exact) mass is 260 g/mol. The maximum atomic E-state index is 11.6. The van der Waals surface area contributed by atoms with Crippen molar-refractivity contribution in [3.05, 3.63) is 12.3 Å². The van der Waals surface area contributed by atoms with E-state index in [1.54, 1.807) is 16.9 Å². The molecule has 1 heterocycles. The second-order valence-corrected chi connectivity index (χ2v) is 4.32. The van der Waals surface area contributed by atoms with Gasteiger partial charge in [-0.05, 0) is 27.2 Å². The predicted octanol–water partition coefficient (Wildman–Crippen LogP) is 1.95. The Labute approximate surface area is 108 Å². The molecule has 1 amide bonds. The van der Waals surface area contributed by atoms with Crippen molar-refractivity contribution < 1.29 is 4.79 Å². The second-order valence-electron chi connectivity index (χ2n) is 4.32. The molecule has 0 aliphatic heterocycles. The van der Waals surface area contributed by atoms with E-state index in [1.165, 1.54) is 0 Å². The zero-order chi connectivity index (χ0) is 12.1. The molecule has 0 aliphatic carbocycles. The fourth-order valence-electron chi connectivity index (χ4n) is 1.39. The van der Waals surface area contributed by atoms with Crippen LogP contribution in [0.3, 0.4) is 0 Å². The van der Waals surface area contributed by atoms with Gasteiger partial charge in [-0.2, -0.15) is 5.10 Å². The third kappa shape index (κ3) is 5.19. The number of carbonyl (C=O) groups excluding carboxylic acids is 1. The summed E-state index contributed by atoms with van der Waals surface area (Å²) in [5, 5.41) is 6.97. The molecule has 1 rings (SSSR count). The number of hydrogen-bond acceptors (Lipinski definition) is 3. The molecule has 98 valence electrons. The van der Waals surface area contributed by atoms with Crippen molar-refractivity contribution in [2.45, 2.75) is 45.7 Å². The quantitative estimate of drug-likeness (QED) is 0.850. The van der Waals surface area contributed by atoms with Crippen LogP contribution in [-0.2, 0) is 4.79 Å². The Morgan fingerprint density at radius 3 is 2.71 bits per heavy atom. The van der Waals surface area contributed by atoms with Crippen LogP contribution < -0.4 is 11.1 Å². The summed E-state index contributed by atoms with van der Waals surface area (Å²) in [6.07, 6.45) is 2.82. The zero-order valence-electron chi connectivity index (χ0n) is 10.5. The van der Waals surface area contributed by atoms with Crippen molar-refractivity contribution in [1.82, 2.24) is 9.78 Å². The fourth-order valence-corrected chi connectivity index (χ4v) is 1.39. The van der Waals surface area contributed by atoms with E-state index in [0.29, 0.717) is 12.8 Å². The van der Waals surface area contributed by atoms with Crippen LogP contribution in [0.2, 0.25) is 0 Å². The van der Waals surface area contributed by atoms with Crippen molar-refractivity contribution in [2.24, 2.45) is 5.73 Å². The van der Waals surface area contributed by atoms with Gasteiger partial charge in [0, 0.05) is 24.6 Å². The average Bonchev–Trinajstić information content (AvgIpc) is 2.62. The van der Waals surface area contributed by atoms with E-state index in [4.69, 9.17) is 5.73 Å². The third-order valence-electron chi connectivity index (χ3n) is 2.25. The standard InChI is InChI=1S/C11H20N4O.ClH/c1-8(2)15-10(6-7-13-15)14-11(16)5-4-9(3)12;/h6-9H,4-5,12H2,1-3H3,(H,14,16);1H. The summed E-state index contributed by atoms with van der Waals surface area (Å²) >= 11 is 0. The van der Waals surface area contributed by atoms with Crippen molar-refractivity contribution in [3.8, 4) is 0 Å². The van der Waals surface area contributed by atoms with E-state index in [2.05, 4.69) is 10.4 Å². The highest BCUT2D eigenvalue weighted by Crippen LogP contribution is 2.13. The largest absolute Gasteiger partial charge is 0.328 e. The molecule has 0 aliphatic rings. The van der Waals surface area contributed by atoms with Crippen molar-refractivity contribution in [2.75, 3.05) is 5.32 Å². The number of nitrogens with one attached hydrogen (secondary N) is 1. The summed E-state index contributed by atoms with van der Waals surface area (Å²) in [4.78, 5) is 11.6. The Morgan fingerprint density at radius 2 is 2.18 bits per heavy atom. The molecular weight excluding hydrogens is 240 g/mol. The van der Waals surface area contributed by atoms with Gasteiger partial charge in [-0.25, -0.2) is 4.68 Å². The molecular formula is C11H21ClN4O. The minimum atomic E-state index is -0.0142. The first-order valence-electron chi connectivity index (χ1n) is 5.59. The molecule has 0 bridgehead atoms. The normalized spacial score (nSPS) is 12.1. The molecule has 0 spiro atoms. The molecule has 1 aromatic rings. The number of nitrogens with two attached hydrogens (primary N) is 1. The molecule has 0 radical (unpaired) electrons. The summed E-state index contributed by atoms with van der Waals surface area (Å²) < 4.78 is 1.78. The lowest BCUT2D eigenvalue weighted by Crippen LogP contribution is -2.21. The van der Waals surface area contributed by atoms with Crippen LogP contribution in [0, 0.1) is 0 Å². The van der Waals surface area contributed by atoms with Gasteiger partial charge in [0.1, 0.15) is 5.82 Å². The van der Waals surface area contributed by atoms with Crippen LogP contribution in [0.15, 0.2) is 12.3 Å². The lowest BCUT2D eigenvalue weighted by atomic mass is 10.2. The number of anilines is 1. The van der Waals surface area contributed by atoms with Crippen LogP contribution in [0.1, 0.15) is 39.7 Å². The molecule has 1 atom stereocenters. The average molecular weight is 261 g/mol. The number of carbonyl (C=O) groups is 1. The Morgan fingerprint density at radius 1 is 1.53 bits per heavy atom. The van der Waals surface area contributed by atoms with Crippen LogP contribution in [0.5, 0.6) is 0 Å². The van der Waals surface area contributed by atoms with Crippen molar-refractivity contribution >= 4 is 24.1 Å².